The summed E-state index contributed by atoms with van der Waals surface area (Å²) in [5.41, 5.74) is 0.937. The van der Waals surface area contributed by atoms with E-state index in [0.29, 0.717) is 23.2 Å². The van der Waals surface area contributed by atoms with Gasteiger partial charge in [-0.25, -0.2) is 0 Å². The van der Waals surface area contributed by atoms with Crippen molar-refractivity contribution >= 4 is 17.1 Å². The second-order valence-corrected chi connectivity index (χ2v) is 6.66. The average molecular weight is 369 g/mol. The van der Waals surface area contributed by atoms with E-state index >= 15 is 0 Å². The van der Waals surface area contributed by atoms with Crippen LogP contribution in [0.4, 0.5) is 17.1 Å². The fourth-order valence-corrected chi connectivity index (χ4v) is 3.98. The maximum atomic E-state index is 11.1. The molecule has 27 heavy (non-hydrogen) atoms. The molecule has 2 aromatic carbocycles. The van der Waals surface area contributed by atoms with Crippen LogP contribution in [0.15, 0.2) is 42.5 Å². The highest BCUT2D eigenvalue weighted by atomic mass is 16.6. The van der Waals surface area contributed by atoms with Gasteiger partial charge in [0.2, 0.25) is 0 Å². The number of aromatic hydroxyl groups is 2. The summed E-state index contributed by atoms with van der Waals surface area (Å²) in [5, 5.41) is 46.0. The van der Waals surface area contributed by atoms with E-state index in [2.05, 4.69) is 5.32 Å². The minimum Gasteiger partial charge on any atom is -0.508 e. The summed E-state index contributed by atoms with van der Waals surface area (Å²) in [6.45, 7) is 0. The fraction of sp³-hybridized carbons (Fsp3) is 0.222. The van der Waals surface area contributed by atoms with Gasteiger partial charge in [-0.05, 0) is 24.0 Å². The molecular formula is C18H15N3O6. The Labute approximate surface area is 152 Å². The highest BCUT2D eigenvalue weighted by Crippen LogP contribution is 2.54. The van der Waals surface area contributed by atoms with E-state index in [1.54, 1.807) is 0 Å². The minimum absolute atomic E-state index is 0.0893. The molecule has 0 saturated heterocycles. The van der Waals surface area contributed by atoms with Gasteiger partial charge in [-0.3, -0.25) is 20.2 Å². The number of benzene rings is 2. The quantitative estimate of drug-likeness (QED) is 0.324. The summed E-state index contributed by atoms with van der Waals surface area (Å²) in [7, 11) is 0. The van der Waals surface area contributed by atoms with Crippen LogP contribution in [0.1, 0.15) is 29.5 Å². The summed E-state index contributed by atoms with van der Waals surface area (Å²) >= 11 is 0. The first-order chi connectivity index (χ1) is 12.9. The molecule has 1 aliphatic heterocycles. The molecule has 9 heteroatoms. The Balaban J connectivity index is 1.85. The molecule has 3 atom stereocenters. The van der Waals surface area contributed by atoms with E-state index in [9.17, 15) is 30.4 Å². The van der Waals surface area contributed by atoms with Crippen molar-refractivity contribution in [3.8, 4) is 11.5 Å². The molecule has 2 aliphatic rings. The number of nitrogens with zero attached hydrogens (tertiary/aromatic N) is 2. The smallest absolute Gasteiger partial charge is 0.273 e. The fourth-order valence-electron chi connectivity index (χ4n) is 3.98. The number of fused-ring (bicyclic) bond motifs is 3. The first-order valence-electron chi connectivity index (χ1n) is 8.28. The van der Waals surface area contributed by atoms with Crippen LogP contribution in [0.2, 0.25) is 0 Å². The Kier molecular flexibility index (Phi) is 3.72. The predicted molar refractivity (Wildman–Crippen MR) is 95.9 cm³/mol. The van der Waals surface area contributed by atoms with E-state index in [0.717, 1.165) is 6.07 Å². The van der Waals surface area contributed by atoms with Gasteiger partial charge in [0, 0.05) is 29.7 Å². The van der Waals surface area contributed by atoms with E-state index in [4.69, 9.17) is 0 Å². The van der Waals surface area contributed by atoms with Crippen molar-refractivity contribution < 1.29 is 20.1 Å². The molecule has 0 fully saturated rings. The van der Waals surface area contributed by atoms with E-state index in [1.165, 1.54) is 24.3 Å². The zero-order chi connectivity index (χ0) is 19.3. The van der Waals surface area contributed by atoms with Crippen LogP contribution in [0.5, 0.6) is 11.5 Å². The van der Waals surface area contributed by atoms with Crippen molar-refractivity contribution in [1.82, 2.24) is 0 Å². The third-order valence-corrected chi connectivity index (χ3v) is 5.20. The number of phenolic OH excluding ortho intramolecular Hbond substituents is 2. The number of nitrogens with one attached hydrogen (secondary N) is 1. The third kappa shape index (κ3) is 2.64. The molecule has 0 bridgehead atoms. The lowest BCUT2D eigenvalue weighted by Gasteiger charge is -2.37. The van der Waals surface area contributed by atoms with Gasteiger partial charge in [0.05, 0.1) is 27.6 Å². The molecule has 2 aromatic rings. The highest BCUT2D eigenvalue weighted by Gasteiger charge is 2.41. The molecule has 3 N–H and O–H groups in total. The lowest BCUT2D eigenvalue weighted by atomic mass is 9.76. The number of hydrogen-bond acceptors (Lipinski definition) is 7. The molecule has 0 saturated carbocycles. The molecule has 4 rings (SSSR count). The van der Waals surface area contributed by atoms with Gasteiger partial charge in [-0.1, -0.05) is 12.2 Å². The lowest BCUT2D eigenvalue weighted by Crippen LogP contribution is -2.29. The zero-order valence-electron chi connectivity index (χ0n) is 13.9. The molecule has 9 nitrogen and oxygen atoms in total. The number of nitro groups is 2. The first kappa shape index (κ1) is 16.8. The second-order valence-electron chi connectivity index (χ2n) is 6.66. The Hall–Kier alpha value is -3.62. The van der Waals surface area contributed by atoms with Crippen LogP contribution in [-0.4, -0.2) is 20.1 Å². The minimum atomic E-state index is -0.563. The number of allylic oxidation sites excluding steroid dienone is 2. The molecular weight excluding hydrogens is 354 g/mol. The van der Waals surface area contributed by atoms with Crippen molar-refractivity contribution in [1.29, 1.82) is 0 Å². The molecule has 0 spiro atoms. The van der Waals surface area contributed by atoms with Crippen LogP contribution in [-0.2, 0) is 0 Å². The monoisotopic (exact) mass is 369 g/mol. The van der Waals surface area contributed by atoms with Gasteiger partial charge in [-0.2, -0.15) is 0 Å². The van der Waals surface area contributed by atoms with Gasteiger partial charge in [0.25, 0.3) is 11.4 Å². The summed E-state index contributed by atoms with van der Waals surface area (Å²) in [4.78, 5) is 21.1. The van der Waals surface area contributed by atoms with Crippen LogP contribution in [0.3, 0.4) is 0 Å². The van der Waals surface area contributed by atoms with Crippen LogP contribution >= 0.6 is 0 Å². The molecule has 1 heterocycles. The summed E-state index contributed by atoms with van der Waals surface area (Å²) in [6.07, 6.45) is 4.48. The highest BCUT2D eigenvalue weighted by molar-refractivity contribution is 5.71. The van der Waals surface area contributed by atoms with Crippen LogP contribution < -0.4 is 5.32 Å². The number of non-ortho nitro benzene ring substituents is 2. The third-order valence-electron chi connectivity index (χ3n) is 5.20. The predicted octanol–water partition coefficient (Wildman–Crippen LogP) is 3.74. The number of anilines is 1. The summed E-state index contributed by atoms with van der Waals surface area (Å²) < 4.78 is 0. The molecule has 138 valence electrons. The topological polar surface area (TPSA) is 139 Å². The van der Waals surface area contributed by atoms with Gasteiger partial charge in [0.1, 0.15) is 11.5 Å². The summed E-state index contributed by atoms with van der Waals surface area (Å²) in [6, 6.07) is 5.81. The van der Waals surface area contributed by atoms with E-state index in [1.807, 2.05) is 12.2 Å². The van der Waals surface area contributed by atoms with E-state index in [-0.39, 0.29) is 34.7 Å². The molecule has 0 aromatic heterocycles. The van der Waals surface area contributed by atoms with E-state index < -0.39 is 15.9 Å². The molecule has 0 radical (unpaired) electrons. The maximum Gasteiger partial charge on any atom is 0.273 e. The number of phenols is 2. The SMILES string of the molecule is O=[N+]([O-])c1cc(O)c2c(c1)C1C=CCC1C(c1cc([N+](=O)[O-])ccc1O)N2. The van der Waals surface area contributed by atoms with Gasteiger partial charge < -0.3 is 15.5 Å². The molecule has 0 amide bonds. The summed E-state index contributed by atoms with van der Waals surface area (Å²) in [5.74, 6) is -0.677. The standard InChI is InChI=1S/C18H15N3O6/c22-15-5-4-9(20(24)25)6-14(15)17-12-3-1-2-11(12)13-7-10(21(26)27)8-16(23)18(13)19-17/h1-2,4-8,11-12,17,19,22-23H,3H2. The molecule has 3 unspecified atom stereocenters. The maximum absolute atomic E-state index is 11.1. The van der Waals surface area contributed by atoms with Crippen LogP contribution in [0.25, 0.3) is 0 Å². The first-order valence-corrected chi connectivity index (χ1v) is 8.28. The van der Waals surface area contributed by atoms with Gasteiger partial charge >= 0.3 is 0 Å². The largest absolute Gasteiger partial charge is 0.508 e. The van der Waals surface area contributed by atoms with Crippen molar-refractivity contribution in [2.75, 3.05) is 5.32 Å². The Morgan fingerprint density at radius 3 is 2.37 bits per heavy atom. The normalized spacial score (nSPS) is 22.6. The van der Waals surface area contributed by atoms with Crippen molar-refractivity contribution in [2.45, 2.75) is 18.4 Å². The Morgan fingerprint density at radius 1 is 0.963 bits per heavy atom. The zero-order valence-corrected chi connectivity index (χ0v) is 13.9. The van der Waals surface area contributed by atoms with Crippen molar-refractivity contribution in [3.05, 3.63) is 73.8 Å². The lowest BCUT2D eigenvalue weighted by molar-refractivity contribution is -0.385. The van der Waals surface area contributed by atoms with Crippen molar-refractivity contribution in [2.24, 2.45) is 5.92 Å². The number of hydrogen-bond donors (Lipinski definition) is 3. The van der Waals surface area contributed by atoms with Gasteiger partial charge in [-0.15, -0.1) is 0 Å². The average Bonchev–Trinajstić information content (AvgIpc) is 3.11. The molecule has 1 aliphatic carbocycles. The van der Waals surface area contributed by atoms with Crippen molar-refractivity contribution in [3.63, 3.8) is 0 Å². The second kappa shape index (κ2) is 5.97. The number of nitro benzene ring substituents is 2. The van der Waals surface area contributed by atoms with Crippen LogP contribution in [0, 0.1) is 26.1 Å². The number of rotatable bonds is 3. The Bertz CT molecular complexity index is 1000. The Morgan fingerprint density at radius 2 is 1.67 bits per heavy atom. The van der Waals surface area contributed by atoms with Gasteiger partial charge in [0.15, 0.2) is 0 Å².